The summed E-state index contributed by atoms with van der Waals surface area (Å²) in [6.45, 7) is 1.14. The van der Waals surface area contributed by atoms with E-state index in [0.717, 1.165) is 4.90 Å². The van der Waals surface area contributed by atoms with Gasteiger partial charge in [-0.25, -0.2) is 9.97 Å². The van der Waals surface area contributed by atoms with Crippen LogP contribution >= 0.6 is 11.6 Å². The highest BCUT2D eigenvalue weighted by molar-refractivity contribution is 6.36. The fraction of sp³-hybridized carbons (Fsp3) is 0.273. The maximum absolute atomic E-state index is 13.8. The summed E-state index contributed by atoms with van der Waals surface area (Å²) < 4.78 is 5.87. The molecule has 2 aromatic heterocycles. The number of unbranched alkanes of at least 4 members (excludes halogenated alkanes) is 2. The van der Waals surface area contributed by atoms with E-state index in [9.17, 15) is 28.8 Å². The molecule has 0 aliphatic carbocycles. The molecular weight excluding hydrogens is 774 g/mol. The van der Waals surface area contributed by atoms with Crippen LogP contribution in [0.1, 0.15) is 95.0 Å². The lowest BCUT2D eigenvalue weighted by Crippen LogP contribution is -2.54. The van der Waals surface area contributed by atoms with Crippen LogP contribution in [0, 0.1) is 11.8 Å². The maximum atomic E-state index is 13.8. The number of H-pyrrole nitrogens is 1. The number of amides is 5. The fourth-order valence-corrected chi connectivity index (χ4v) is 7.91. The lowest BCUT2D eigenvalue weighted by molar-refractivity contribution is -0.136. The first-order valence-corrected chi connectivity index (χ1v) is 19.8. The third-order valence-corrected chi connectivity index (χ3v) is 11.0. The van der Waals surface area contributed by atoms with Crippen LogP contribution < -0.4 is 15.4 Å². The number of carbonyl (C=O) groups excluding carboxylic acids is 6. The number of aromatic amines is 1. The summed E-state index contributed by atoms with van der Waals surface area (Å²) in [5.41, 5.74) is 1.95. The number of likely N-dealkylation sites (tertiary alicyclic amines) is 1. The topological polar surface area (TPSA) is 184 Å². The van der Waals surface area contributed by atoms with Crippen LogP contribution in [0.25, 0.3) is 11.0 Å². The summed E-state index contributed by atoms with van der Waals surface area (Å²) in [7, 11) is 0. The Kier molecular flexibility index (Phi) is 11.2. The molecule has 0 bridgehead atoms. The number of nitrogens with one attached hydrogen (secondary N) is 3. The van der Waals surface area contributed by atoms with Gasteiger partial charge in [0.25, 0.3) is 11.8 Å². The van der Waals surface area contributed by atoms with Crippen LogP contribution in [0.4, 0.5) is 5.82 Å². The first-order valence-electron chi connectivity index (χ1n) is 19.4. The molecule has 3 N–H and O–H groups in total. The molecule has 1 atom stereocenters. The number of anilines is 1. The zero-order valence-corrected chi connectivity index (χ0v) is 32.5. The van der Waals surface area contributed by atoms with Gasteiger partial charge in [-0.05, 0) is 68.5 Å². The Hall–Kier alpha value is -6.85. The molecular formula is C44H40ClN7O7. The molecule has 14 nitrogen and oxygen atoms in total. The van der Waals surface area contributed by atoms with Crippen molar-refractivity contribution in [1.29, 1.82) is 0 Å². The highest BCUT2D eigenvalue weighted by Crippen LogP contribution is 2.33. The molecule has 300 valence electrons. The second-order valence-corrected chi connectivity index (χ2v) is 14.9. The minimum Gasteiger partial charge on any atom is -0.457 e. The minimum atomic E-state index is -1.04. The van der Waals surface area contributed by atoms with Crippen LogP contribution in [0.2, 0.25) is 5.02 Å². The van der Waals surface area contributed by atoms with Crippen LogP contribution in [-0.2, 0) is 14.4 Å². The van der Waals surface area contributed by atoms with E-state index in [2.05, 4.69) is 37.4 Å². The van der Waals surface area contributed by atoms with Gasteiger partial charge < -0.3 is 19.9 Å². The van der Waals surface area contributed by atoms with E-state index in [1.54, 1.807) is 36.5 Å². The van der Waals surface area contributed by atoms with Crippen LogP contribution in [-0.4, -0.2) is 85.2 Å². The quantitative estimate of drug-likeness (QED) is 0.0593. The Morgan fingerprint density at radius 2 is 1.73 bits per heavy atom. The monoisotopic (exact) mass is 813 g/mol. The molecule has 8 rings (SSSR count). The van der Waals surface area contributed by atoms with E-state index in [-0.39, 0.29) is 48.2 Å². The molecule has 5 amide bonds. The Labute approximate surface area is 345 Å². The highest BCUT2D eigenvalue weighted by Gasteiger charge is 2.45. The second-order valence-electron chi connectivity index (χ2n) is 14.5. The molecule has 0 saturated carbocycles. The van der Waals surface area contributed by atoms with Gasteiger partial charge in [-0.2, -0.15) is 0 Å². The van der Waals surface area contributed by atoms with Crippen LogP contribution in [0.5, 0.6) is 11.5 Å². The third kappa shape index (κ3) is 8.15. The molecule has 2 fully saturated rings. The van der Waals surface area contributed by atoms with Gasteiger partial charge in [0.1, 0.15) is 35.3 Å². The Morgan fingerprint density at radius 1 is 0.915 bits per heavy atom. The normalized spacial score (nSPS) is 16.7. The number of aromatic nitrogens is 3. The van der Waals surface area contributed by atoms with Gasteiger partial charge >= 0.3 is 0 Å². The fourth-order valence-electron chi connectivity index (χ4n) is 7.66. The van der Waals surface area contributed by atoms with Gasteiger partial charge in [0.05, 0.1) is 27.1 Å². The first-order chi connectivity index (χ1) is 28.7. The van der Waals surface area contributed by atoms with Crippen LogP contribution in [0.15, 0.2) is 79.3 Å². The van der Waals surface area contributed by atoms with Gasteiger partial charge in [-0.15, -0.1) is 0 Å². The first kappa shape index (κ1) is 39.0. The van der Waals surface area contributed by atoms with E-state index in [0.29, 0.717) is 96.7 Å². The van der Waals surface area contributed by atoms with Crippen molar-refractivity contribution in [3.63, 3.8) is 0 Å². The van der Waals surface area contributed by atoms with Crippen molar-refractivity contribution in [3.05, 3.63) is 112 Å². The summed E-state index contributed by atoms with van der Waals surface area (Å²) in [5, 5.41) is 6.50. The number of imide groups is 2. The van der Waals surface area contributed by atoms with E-state index in [1.165, 1.54) is 12.4 Å². The van der Waals surface area contributed by atoms with Crippen molar-refractivity contribution in [2.45, 2.75) is 63.5 Å². The number of hydrogen-bond donors (Lipinski definition) is 3. The molecule has 2 saturated heterocycles. The lowest BCUT2D eigenvalue weighted by atomic mass is 10.0. The number of hydrogen-bond acceptors (Lipinski definition) is 10. The van der Waals surface area contributed by atoms with Gasteiger partial charge in [0, 0.05) is 63.2 Å². The summed E-state index contributed by atoms with van der Waals surface area (Å²) in [4.78, 5) is 92.0. The largest absolute Gasteiger partial charge is 0.457 e. The second kappa shape index (κ2) is 16.9. The summed E-state index contributed by atoms with van der Waals surface area (Å²) in [5.74, 6) is 5.27. The summed E-state index contributed by atoms with van der Waals surface area (Å²) in [6, 6.07) is 18.1. The summed E-state index contributed by atoms with van der Waals surface area (Å²) >= 11 is 6.59. The molecule has 1 unspecified atom stereocenters. The number of para-hydroxylation sites is 1. The number of piperidine rings is 2. The SMILES string of the molecule is O=C1CCC(N2C(=O)c3cccc(C#CCCCCC(=O)N4CCC(Nc5ncnc6[nH]cc(C(=O)c7ccc(Oc8ccccc8)cc7Cl)c56)CC4)c3C2=O)C(=O)N1.[HH]. The van der Waals surface area contributed by atoms with Crippen molar-refractivity contribution >= 4 is 63.8 Å². The molecule has 15 heteroatoms. The zero-order chi connectivity index (χ0) is 41.0. The van der Waals surface area contributed by atoms with E-state index in [4.69, 9.17) is 16.3 Å². The predicted octanol–water partition coefficient (Wildman–Crippen LogP) is 6.30. The Bertz CT molecular complexity index is 2580. The number of carbonyl (C=O) groups is 6. The number of nitrogens with zero attached hydrogens (tertiary/aromatic N) is 4. The summed E-state index contributed by atoms with van der Waals surface area (Å²) in [6.07, 6.45) is 6.71. The Balaban J connectivity index is 0.00000544. The van der Waals surface area contributed by atoms with Gasteiger partial charge in [0.15, 0.2) is 5.78 Å². The van der Waals surface area contributed by atoms with Crippen LogP contribution in [0.3, 0.4) is 0 Å². The standard InChI is InChI=1S/C44H38ClN7O7.H2/c45-33-23-29(59-28-11-5-3-6-12-28)15-16-30(33)39(55)32-24-46-40-38(32)41(48-25-47-40)49-27-19-21-51(22-20-27)36(54)14-7-2-1-4-9-26-10-8-13-31-37(26)44(58)52(43(31)57)34-17-18-35(53)50-42(34)56;/h3,5-6,8,10-13,15-16,23-25,27,34H,1-2,7,14,17-22H2,(H,50,53,56)(H2,46,47,48,49);1H. The molecule has 59 heavy (non-hydrogen) atoms. The molecule has 3 aromatic carbocycles. The molecule has 0 spiro atoms. The van der Waals surface area contributed by atoms with Gasteiger partial charge in [0.2, 0.25) is 17.7 Å². The minimum absolute atomic E-state index is 0. The molecule has 0 radical (unpaired) electrons. The van der Waals surface area contributed by atoms with Gasteiger partial charge in [-0.3, -0.25) is 39.0 Å². The molecule has 3 aliphatic heterocycles. The maximum Gasteiger partial charge on any atom is 0.263 e. The Morgan fingerprint density at radius 3 is 2.51 bits per heavy atom. The van der Waals surface area contributed by atoms with E-state index < -0.39 is 29.7 Å². The van der Waals surface area contributed by atoms with Crippen molar-refractivity contribution in [1.82, 2.24) is 30.1 Å². The van der Waals surface area contributed by atoms with Gasteiger partial charge in [-0.1, -0.05) is 47.7 Å². The van der Waals surface area contributed by atoms with E-state index in [1.807, 2.05) is 35.2 Å². The average molecular weight is 814 g/mol. The predicted molar refractivity (Wildman–Crippen MR) is 219 cm³/mol. The smallest absolute Gasteiger partial charge is 0.263 e. The molecule has 5 aromatic rings. The van der Waals surface area contributed by atoms with Crippen molar-refractivity contribution in [2.75, 3.05) is 18.4 Å². The number of ketones is 1. The zero-order valence-electron chi connectivity index (χ0n) is 31.8. The number of fused-ring (bicyclic) bond motifs is 2. The molecule has 3 aliphatic rings. The number of benzene rings is 3. The number of halogens is 1. The van der Waals surface area contributed by atoms with Crippen molar-refractivity contribution in [3.8, 4) is 23.3 Å². The van der Waals surface area contributed by atoms with Crippen molar-refractivity contribution < 1.29 is 34.9 Å². The lowest BCUT2D eigenvalue weighted by Gasteiger charge is -2.33. The third-order valence-electron chi connectivity index (χ3n) is 10.7. The molecule has 5 heterocycles. The highest BCUT2D eigenvalue weighted by atomic mass is 35.5. The average Bonchev–Trinajstić information content (AvgIpc) is 3.79. The number of rotatable bonds is 11. The number of ether oxygens (including phenoxy) is 1. The van der Waals surface area contributed by atoms with E-state index >= 15 is 0 Å². The van der Waals surface area contributed by atoms with Crippen molar-refractivity contribution in [2.24, 2.45) is 0 Å².